The molecule has 0 aliphatic heterocycles. The van der Waals surface area contributed by atoms with Gasteiger partial charge in [0.2, 0.25) is 0 Å². The molecule has 0 bridgehead atoms. The highest BCUT2D eigenvalue weighted by molar-refractivity contribution is 6.76. The molecule has 62 valence electrons. The largest absolute Gasteiger partial charge is 0.363 e. The molecule has 0 amide bonds. The van der Waals surface area contributed by atoms with Gasteiger partial charge in [-0.15, -0.1) is 0 Å². The summed E-state index contributed by atoms with van der Waals surface area (Å²) < 4.78 is 5.22. The molecule has 0 aromatic rings. The molecular formula is C7H17ClOSi. The zero-order chi connectivity index (χ0) is 8.20. The van der Waals surface area contributed by atoms with Gasteiger partial charge in [-0.3, -0.25) is 0 Å². The highest BCUT2D eigenvalue weighted by Gasteiger charge is 2.12. The first kappa shape index (κ1) is 10.5. The number of hydrogen-bond acceptors (Lipinski definition) is 1. The van der Waals surface area contributed by atoms with Crippen LogP contribution in [0.2, 0.25) is 25.7 Å². The van der Waals surface area contributed by atoms with Crippen LogP contribution in [-0.4, -0.2) is 20.2 Å². The Labute approximate surface area is 69.7 Å². The molecule has 0 fully saturated rings. The average molecular weight is 181 g/mol. The summed E-state index contributed by atoms with van der Waals surface area (Å²) in [7, 11) is -0.908. The van der Waals surface area contributed by atoms with Gasteiger partial charge in [-0.05, 0) is 13.0 Å². The van der Waals surface area contributed by atoms with Crippen molar-refractivity contribution < 1.29 is 4.74 Å². The Morgan fingerprint density at radius 3 is 2.20 bits per heavy atom. The van der Waals surface area contributed by atoms with Crippen molar-refractivity contribution in [2.24, 2.45) is 0 Å². The fraction of sp³-hybridized carbons (Fsp3) is 1.00. The third-order valence-electron chi connectivity index (χ3n) is 1.20. The van der Waals surface area contributed by atoms with Gasteiger partial charge < -0.3 is 4.74 Å². The molecule has 0 aromatic carbocycles. The van der Waals surface area contributed by atoms with E-state index < -0.39 is 8.07 Å². The molecule has 10 heavy (non-hydrogen) atoms. The van der Waals surface area contributed by atoms with E-state index in [1.807, 2.05) is 6.92 Å². The molecule has 0 aliphatic rings. The van der Waals surface area contributed by atoms with Gasteiger partial charge in [0, 0.05) is 14.7 Å². The summed E-state index contributed by atoms with van der Waals surface area (Å²) in [6.07, 6.45) is 0. The summed E-state index contributed by atoms with van der Waals surface area (Å²) in [5.74, 6) is 0. The summed E-state index contributed by atoms with van der Waals surface area (Å²) in [4.78, 5) is 0. The minimum atomic E-state index is -0.908. The highest BCUT2D eigenvalue weighted by atomic mass is 35.5. The van der Waals surface area contributed by atoms with Gasteiger partial charge in [-0.2, -0.15) is 0 Å². The summed E-state index contributed by atoms with van der Waals surface area (Å²) in [6.45, 7) is 9.66. The predicted molar refractivity (Wildman–Crippen MR) is 49.4 cm³/mol. The van der Waals surface area contributed by atoms with Gasteiger partial charge in [-0.1, -0.05) is 31.2 Å². The van der Waals surface area contributed by atoms with E-state index in [0.717, 1.165) is 6.61 Å². The predicted octanol–water partition coefficient (Wildman–Crippen LogP) is 2.93. The molecule has 1 nitrogen and oxygen atoms in total. The summed E-state index contributed by atoms with van der Waals surface area (Å²) >= 11 is 5.60. The van der Waals surface area contributed by atoms with E-state index >= 15 is 0 Å². The molecule has 0 aliphatic carbocycles. The second-order valence-corrected chi connectivity index (χ2v) is 9.96. The van der Waals surface area contributed by atoms with Crippen LogP contribution in [0.3, 0.4) is 0 Å². The zero-order valence-corrected chi connectivity index (χ0v) is 9.03. The smallest absolute Gasteiger partial charge is 0.128 e. The lowest BCUT2D eigenvalue weighted by atomic mass is 10.8. The van der Waals surface area contributed by atoms with Gasteiger partial charge in [0.1, 0.15) is 5.56 Å². The molecule has 1 unspecified atom stereocenters. The molecular weight excluding hydrogens is 164 g/mol. The van der Waals surface area contributed by atoms with Crippen LogP contribution in [0.25, 0.3) is 0 Å². The van der Waals surface area contributed by atoms with Crippen molar-refractivity contribution in [3.05, 3.63) is 0 Å². The first-order chi connectivity index (χ1) is 4.42. The highest BCUT2D eigenvalue weighted by Crippen LogP contribution is 2.09. The maximum absolute atomic E-state index is 5.60. The zero-order valence-electron chi connectivity index (χ0n) is 7.28. The molecule has 0 aromatic heterocycles. The van der Waals surface area contributed by atoms with Gasteiger partial charge >= 0.3 is 0 Å². The molecule has 0 heterocycles. The fourth-order valence-corrected chi connectivity index (χ4v) is 1.35. The van der Waals surface area contributed by atoms with E-state index in [9.17, 15) is 0 Å². The molecule has 1 atom stereocenters. The number of hydrogen-bond donors (Lipinski definition) is 0. The van der Waals surface area contributed by atoms with Crippen LogP contribution in [0.4, 0.5) is 0 Å². The first-order valence-corrected chi connectivity index (χ1v) is 7.82. The maximum atomic E-state index is 5.60. The van der Waals surface area contributed by atoms with Crippen LogP contribution >= 0.6 is 11.6 Å². The number of halogens is 1. The van der Waals surface area contributed by atoms with E-state index in [1.165, 1.54) is 6.04 Å². The summed E-state index contributed by atoms with van der Waals surface area (Å²) in [5.41, 5.74) is -0.128. The lowest BCUT2D eigenvalue weighted by Gasteiger charge is -2.15. The van der Waals surface area contributed by atoms with Gasteiger partial charge in [0.25, 0.3) is 0 Å². The van der Waals surface area contributed by atoms with Gasteiger partial charge in [0.15, 0.2) is 0 Å². The Morgan fingerprint density at radius 2 is 1.90 bits per heavy atom. The van der Waals surface area contributed by atoms with Crippen LogP contribution in [0, 0.1) is 0 Å². The van der Waals surface area contributed by atoms with Crippen LogP contribution in [0.5, 0.6) is 0 Å². The molecule has 0 radical (unpaired) electrons. The monoisotopic (exact) mass is 180 g/mol. The van der Waals surface area contributed by atoms with Crippen LogP contribution in [-0.2, 0) is 4.74 Å². The lowest BCUT2D eigenvalue weighted by Crippen LogP contribution is -2.22. The number of ether oxygens (including phenoxy) is 1. The maximum Gasteiger partial charge on any atom is 0.128 e. The Morgan fingerprint density at radius 1 is 1.40 bits per heavy atom. The molecule has 0 saturated heterocycles. The van der Waals surface area contributed by atoms with Crippen LogP contribution in [0.1, 0.15) is 6.92 Å². The van der Waals surface area contributed by atoms with Gasteiger partial charge in [0.05, 0.1) is 0 Å². The quantitative estimate of drug-likeness (QED) is 0.478. The summed E-state index contributed by atoms with van der Waals surface area (Å²) in [6, 6.07) is 1.20. The Bertz CT molecular complexity index is 88.1. The van der Waals surface area contributed by atoms with Crippen molar-refractivity contribution in [2.45, 2.75) is 38.2 Å². The third kappa shape index (κ3) is 8.47. The first-order valence-electron chi connectivity index (χ1n) is 3.67. The number of rotatable bonds is 4. The summed E-state index contributed by atoms with van der Waals surface area (Å²) in [5, 5.41) is 0. The SMILES string of the molecule is CC(Cl)OCC[Si](C)(C)C. The van der Waals surface area contributed by atoms with Crippen LogP contribution in [0.15, 0.2) is 0 Å². The normalized spacial score (nSPS) is 15.3. The standard InChI is InChI=1S/C7H17ClOSi/c1-7(8)9-5-6-10(2,3)4/h7H,5-6H2,1-4H3. The van der Waals surface area contributed by atoms with Crippen molar-refractivity contribution in [3.63, 3.8) is 0 Å². The average Bonchev–Trinajstić information content (AvgIpc) is 1.59. The molecule has 0 saturated carbocycles. The molecule has 0 rings (SSSR count). The topological polar surface area (TPSA) is 9.23 Å². The third-order valence-corrected chi connectivity index (χ3v) is 3.03. The van der Waals surface area contributed by atoms with E-state index in [1.54, 1.807) is 0 Å². The minimum absolute atomic E-state index is 0.128. The Balaban J connectivity index is 3.21. The molecule has 0 spiro atoms. The second kappa shape index (κ2) is 4.37. The van der Waals surface area contributed by atoms with E-state index in [4.69, 9.17) is 16.3 Å². The molecule has 3 heteroatoms. The Kier molecular flexibility index (Phi) is 4.57. The van der Waals surface area contributed by atoms with Crippen molar-refractivity contribution in [1.29, 1.82) is 0 Å². The van der Waals surface area contributed by atoms with Crippen molar-refractivity contribution in [2.75, 3.05) is 6.61 Å². The van der Waals surface area contributed by atoms with E-state index in [-0.39, 0.29) is 5.56 Å². The lowest BCUT2D eigenvalue weighted by molar-refractivity contribution is 0.131. The second-order valence-electron chi connectivity index (χ2n) is 3.72. The Hall–Kier alpha value is 0.467. The fourth-order valence-electron chi connectivity index (χ4n) is 0.528. The number of alkyl halides is 1. The van der Waals surface area contributed by atoms with Crippen LogP contribution < -0.4 is 0 Å². The van der Waals surface area contributed by atoms with Gasteiger partial charge in [-0.25, -0.2) is 0 Å². The van der Waals surface area contributed by atoms with E-state index in [0.29, 0.717) is 0 Å². The molecule has 0 N–H and O–H groups in total. The van der Waals surface area contributed by atoms with Crippen molar-refractivity contribution in [3.8, 4) is 0 Å². The van der Waals surface area contributed by atoms with Crippen molar-refractivity contribution >= 4 is 19.7 Å². The van der Waals surface area contributed by atoms with E-state index in [2.05, 4.69) is 19.6 Å². The van der Waals surface area contributed by atoms with Crippen molar-refractivity contribution in [1.82, 2.24) is 0 Å². The minimum Gasteiger partial charge on any atom is -0.363 e.